The highest BCUT2D eigenvalue weighted by Crippen LogP contribution is 2.31. The van der Waals surface area contributed by atoms with Crippen molar-refractivity contribution in [3.63, 3.8) is 0 Å². The molecule has 1 rings (SSSR count). The summed E-state index contributed by atoms with van der Waals surface area (Å²) in [5, 5.41) is 9.78. The van der Waals surface area contributed by atoms with Gasteiger partial charge in [-0.1, -0.05) is 44.2 Å². The van der Waals surface area contributed by atoms with E-state index in [4.69, 9.17) is 4.74 Å². The van der Waals surface area contributed by atoms with Gasteiger partial charge < -0.3 is 9.84 Å². The van der Waals surface area contributed by atoms with Crippen LogP contribution in [0.3, 0.4) is 0 Å². The van der Waals surface area contributed by atoms with Crippen LogP contribution in [0.4, 0.5) is 0 Å². The number of hydrogen-bond acceptors (Lipinski definition) is 3. The molecule has 1 aromatic rings. The van der Waals surface area contributed by atoms with Gasteiger partial charge in [-0.3, -0.25) is 4.79 Å². The van der Waals surface area contributed by atoms with Gasteiger partial charge in [0.2, 0.25) is 0 Å². The van der Waals surface area contributed by atoms with E-state index in [9.17, 15) is 9.90 Å². The van der Waals surface area contributed by atoms with Gasteiger partial charge in [0.15, 0.2) is 0 Å². The van der Waals surface area contributed by atoms with Crippen LogP contribution in [0.15, 0.2) is 30.3 Å². The number of esters is 1. The highest BCUT2D eigenvalue weighted by atomic mass is 16.5. The predicted molar refractivity (Wildman–Crippen MR) is 84.8 cm³/mol. The van der Waals surface area contributed by atoms with Crippen molar-refractivity contribution in [3.8, 4) is 0 Å². The first-order chi connectivity index (χ1) is 9.68. The Balaban J connectivity index is 2.28. The van der Waals surface area contributed by atoms with Crippen LogP contribution >= 0.6 is 0 Å². The minimum absolute atomic E-state index is 0.0335. The first-order valence-corrected chi connectivity index (χ1v) is 7.60. The Hall–Kier alpha value is -1.35. The Kier molecular flexibility index (Phi) is 6.41. The molecule has 0 aliphatic heterocycles. The maximum Gasteiger partial charge on any atom is 0.306 e. The van der Waals surface area contributed by atoms with Gasteiger partial charge in [0.25, 0.3) is 0 Å². The molecule has 0 aromatic heterocycles. The van der Waals surface area contributed by atoms with E-state index in [2.05, 4.69) is 13.8 Å². The fourth-order valence-electron chi connectivity index (χ4n) is 2.02. The summed E-state index contributed by atoms with van der Waals surface area (Å²) in [7, 11) is 0. The number of rotatable bonds is 8. The van der Waals surface area contributed by atoms with Gasteiger partial charge in [0, 0.05) is 6.42 Å². The third-order valence-electron chi connectivity index (χ3n) is 3.66. The van der Waals surface area contributed by atoms with Gasteiger partial charge in [-0.25, -0.2) is 0 Å². The Bertz CT molecular complexity index is 430. The zero-order valence-electron chi connectivity index (χ0n) is 13.7. The number of aliphatic hydroxyl groups is 1. The van der Waals surface area contributed by atoms with Crippen molar-refractivity contribution in [1.29, 1.82) is 0 Å². The highest BCUT2D eigenvalue weighted by molar-refractivity contribution is 5.69. The monoisotopic (exact) mass is 292 g/mol. The smallest absolute Gasteiger partial charge is 0.306 e. The van der Waals surface area contributed by atoms with E-state index in [1.54, 1.807) is 0 Å². The minimum atomic E-state index is -0.648. The van der Waals surface area contributed by atoms with Crippen LogP contribution in [-0.2, 0) is 16.1 Å². The van der Waals surface area contributed by atoms with Crippen LogP contribution in [0.5, 0.6) is 0 Å². The zero-order chi connectivity index (χ0) is 15.9. The molecule has 21 heavy (non-hydrogen) atoms. The van der Waals surface area contributed by atoms with E-state index in [0.29, 0.717) is 13.0 Å². The molecule has 0 heterocycles. The summed E-state index contributed by atoms with van der Waals surface area (Å²) in [5.41, 5.74) is 0.392. The van der Waals surface area contributed by atoms with Crippen molar-refractivity contribution in [3.05, 3.63) is 35.9 Å². The lowest BCUT2D eigenvalue weighted by molar-refractivity contribution is -0.145. The Labute approximate surface area is 128 Å². The van der Waals surface area contributed by atoms with E-state index in [1.165, 1.54) is 0 Å². The molecule has 118 valence electrons. The number of benzene rings is 1. The summed E-state index contributed by atoms with van der Waals surface area (Å²) in [6.07, 6.45) is 2.82. The summed E-state index contributed by atoms with van der Waals surface area (Å²) in [4.78, 5) is 11.8. The first kappa shape index (κ1) is 17.7. The molecular weight excluding hydrogens is 264 g/mol. The highest BCUT2D eigenvalue weighted by Gasteiger charge is 2.23. The van der Waals surface area contributed by atoms with Gasteiger partial charge in [0.1, 0.15) is 6.61 Å². The second-order valence-corrected chi connectivity index (χ2v) is 7.12. The van der Waals surface area contributed by atoms with E-state index >= 15 is 0 Å². The zero-order valence-corrected chi connectivity index (χ0v) is 13.7. The van der Waals surface area contributed by atoms with Crippen molar-refractivity contribution in [2.45, 2.75) is 65.6 Å². The lowest BCUT2D eigenvalue weighted by Crippen LogP contribution is -2.23. The van der Waals surface area contributed by atoms with E-state index in [1.807, 2.05) is 44.2 Å². The van der Waals surface area contributed by atoms with Gasteiger partial charge in [-0.05, 0) is 44.1 Å². The molecule has 0 bridgehead atoms. The van der Waals surface area contributed by atoms with Gasteiger partial charge in [-0.2, -0.15) is 0 Å². The third kappa shape index (κ3) is 8.51. The minimum Gasteiger partial charge on any atom is -0.461 e. The van der Waals surface area contributed by atoms with Crippen molar-refractivity contribution < 1.29 is 14.6 Å². The summed E-state index contributed by atoms with van der Waals surface area (Å²) in [6, 6.07) is 9.70. The fraction of sp³-hybridized carbons (Fsp3) is 0.611. The normalized spacial score (nSPS) is 12.2. The fourth-order valence-corrected chi connectivity index (χ4v) is 2.02. The maximum absolute atomic E-state index is 11.8. The van der Waals surface area contributed by atoms with Crippen molar-refractivity contribution in [2.75, 3.05) is 0 Å². The third-order valence-corrected chi connectivity index (χ3v) is 3.66. The van der Waals surface area contributed by atoms with Crippen LogP contribution < -0.4 is 0 Å². The molecular formula is C18H28O3. The topological polar surface area (TPSA) is 46.5 Å². The molecule has 1 aromatic carbocycles. The molecule has 0 amide bonds. The van der Waals surface area contributed by atoms with E-state index in [0.717, 1.165) is 24.8 Å². The first-order valence-electron chi connectivity index (χ1n) is 7.60. The molecule has 0 spiro atoms. The maximum atomic E-state index is 11.8. The molecule has 0 saturated carbocycles. The number of ether oxygens (including phenoxy) is 1. The average Bonchev–Trinajstić information content (AvgIpc) is 2.41. The lowest BCUT2D eigenvalue weighted by atomic mass is 9.80. The van der Waals surface area contributed by atoms with Gasteiger partial charge in [0.05, 0.1) is 5.60 Å². The van der Waals surface area contributed by atoms with E-state index < -0.39 is 5.60 Å². The SMILES string of the molecule is CC(C)(O)CCC(C)(C)CCC(=O)OCc1ccccc1. The summed E-state index contributed by atoms with van der Waals surface area (Å²) >= 11 is 0. The Morgan fingerprint density at radius 1 is 1.05 bits per heavy atom. The van der Waals surface area contributed by atoms with Crippen molar-refractivity contribution >= 4 is 5.97 Å². The van der Waals surface area contributed by atoms with Gasteiger partial charge in [-0.15, -0.1) is 0 Å². The average molecular weight is 292 g/mol. The van der Waals surface area contributed by atoms with Crippen LogP contribution in [0.1, 0.15) is 58.9 Å². The molecule has 0 saturated heterocycles. The van der Waals surface area contributed by atoms with Crippen LogP contribution in [-0.4, -0.2) is 16.7 Å². The molecule has 0 unspecified atom stereocenters. The molecule has 0 radical (unpaired) electrons. The van der Waals surface area contributed by atoms with Crippen molar-refractivity contribution in [1.82, 2.24) is 0 Å². The Morgan fingerprint density at radius 3 is 2.24 bits per heavy atom. The molecule has 0 atom stereocenters. The lowest BCUT2D eigenvalue weighted by Gasteiger charge is -2.28. The Morgan fingerprint density at radius 2 is 1.67 bits per heavy atom. The van der Waals surface area contributed by atoms with E-state index in [-0.39, 0.29) is 11.4 Å². The number of carbonyl (C=O) groups excluding carboxylic acids is 1. The quantitative estimate of drug-likeness (QED) is 0.734. The summed E-state index contributed by atoms with van der Waals surface area (Å²) in [6.45, 7) is 8.23. The molecule has 3 heteroatoms. The predicted octanol–water partition coefficient (Wildman–Crippen LogP) is 4.09. The molecule has 3 nitrogen and oxygen atoms in total. The second-order valence-electron chi connectivity index (χ2n) is 7.12. The van der Waals surface area contributed by atoms with Gasteiger partial charge >= 0.3 is 5.97 Å². The van der Waals surface area contributed by atoms with Crippen molar-refractivity contribution in [2.24, 2.45) is 5.41 Å². The van der Waals surface area contributed by atoms with Crippen LogP contribution in [0.25, 0.3) is 0 Å². The van der Waals surface area contributed by atoms with Crippen LogP contribution in [0, 0.1) is 5.41 Å². The largest absolute Gasteiger partial charge is 0.461 e. The summed E-state index contributed by atoms with van der Waals surface area (Å²) in [5.74, 6) is -0.157. The van der Waals surface area contributed by atoms with Crippen LogP contribution in [0.2, 0.25) is 0 Å². The standard InChI is InChI=1S/C18H28O3/c1-17(2,12-13-18(3,4)20)11-10-16(19)21-14-15-8-6-5-7-9-15/h5-9,20H,10-14H2,1-4H3. The molecule has 0 aliphatic rings. The second kappa shape index (κ2) is 7.60. The number of hydrogen-bond donors (Lipinski definition) is 1. The molecule has 0 fully saturated rings. The molecule has 1 N–H and O–H groups in total. The number of carbonyl (C=O) groups is 1. The molecule has 0 aliphatic carbocycles. The summed E-state index contributed by atoms with van der Waals surface area (Å²) < 4.78 is 5.28.